The van der Waals surface area contributed by atoms with Gasteiger partial charge in [-0.3, -0.25) is 9.59 Å². The molecule has 0 aliphatic carbocycles. The van der Waals surface area contributed by atoms with Gasteiger partial charge in [-0.2, -0.15) is 0 Å². The summed E-state index contributed by atoms with van der Waals surface area (Å²) in [5.41, 5.74) is 0. The van der Waals surface area contributed by atoms with E-state index in [4.69, 9.17) is 5.11 Å². The minimum Gasteiger partial charge on any atom is -0.480 e. The highest BCUT2D eigenvalue weighted by molar-refractivity contribution is 5.81. The molecule has 0 aromatic carbocycles. The van der Waals surface area contributed by atoms with Crippen molar-refractivity contribution in [2.75, 3.05) is 6.54 Å². The zero-order valence-corrected chi connectivity index (χ0v) is 8.77. The SMILES string of the molecule is C/C=C/CC(O)CCC(=O)NCC(=O)O. The number of aliphatic hydroxyl groups is 1. The number of carboxylic acid groups (broad SMARTS) is 1. The zero-order valence-electron chi connectivity index (χ0n) is 8.77. The second-order valence-electron chi connectivity index (χ2n) is 3.17. The lowest BCUT2D eigenvalue weighted by Crippen LogP contribution is -2.29. The minimum absolute atomic E-state index is 0.145. The molecule has 15 heavy (non-hydrogen) atoms. The molecule has 0 rings (SSSR count). The van der Waals surface area contributed by atoms with Gasteiger partial charge in [-0.25, -0.2) is 0 Å². The van der Waals surface area contributed by atoms with Crippen LogP contribution in [0.5, 0.6) is 0 Å². The molecule has 0 spiro atoms. The number of aliphatic hydroxyl groups excluding tert-OH is 1. The molecule has 3 N–H and O–H groups in total. The summed E-state index contributed by atoms with van der Waals surface area (Å²) in [5.74, 6) is -1.42. The highest BCUT2D eigenvalue weighted by Gasteiger charge is 2.07. The molecule has 0 saturated heterocycles. The monoisotopic (exact) mass is 215 g/mol. The van der Waals surface area contributed by atoms with Gasteiger partial charge in [0.15, 0.2) is 0 Å². The maximum absolute atomic E-state index is 11.0. The quantitative estimate of drug-likeness (QED) is 0.533. The highest BCUT2D eigenvalue weighted by atomic mass is 16.4. The smallest absolute Gasteiger partial charge is 0.322 e. The first-order valence-electron chi connectivity index (χ1n) is 4.84. The van der Waals surface area contributed by atoms with Gasteiger partial charge < -0.3 is 15.5 Å². The summed E-state index contributed by atoms with van der Waals surface area (Å²) in [7, 11) is 0. The van der Waals surface area contributed by atoms with Crippen LogP contribution < -0.4 is 5.32 Å². The molecule has 0 aromatic rings. The predicted molar refractivity (Wildman–Crippen MR) is 55.3 cm³/mol. The number of carbonyl (C=O) groups is 2. The van der Waals surface area contributed by atoms with E-state index >= 15 is 0 Å². The van der Waals surface area contributed by atoms with Crippen molar-refractivity contribution >= 4 is 11.9 Å². The van der Waals surface area contributed by atoms with Gasteiger partial charge in [-0.15, -0.1) is 0 Å². The summed E-state index contributed by atoms with van der Waals surface area (Å²) in [6.45, 7) is 1.48. The third-order valence-electron chi connectivity index (χ3n) is 1.79. The second-order valence-corrected chi connectivity index (χ2v) is 3.17. The molecule has 0 aliphatic rings. The third-order valence-corrected chi connectivity index (χ3v) is 1.79. The number of allylic oxidation sites excluding steroid dienone is 1. The molecule has 0 fully saturated rings. The average molecular weight is 215 g/mol. The predicted octanol–water partition coefficient (Wildman–Crippen LogP) is 0.294. The largest absolute Gasteiger partial charge is 0.480 e. The fourth-order valence-corrected chi connectivity index (χ4v) is 0.971. The zero-order chi connectivity index (χ0) is 11.7. The molecule has 0 saturated carbocycles. The van der Waals surface area contributed by atoms with E-state index in [9.17, 15) is 14.7 Å². The molecular formula is C10H17NO4. The molecule has 1 unspecified atom stereocenters. The van der Waals surface area contributed by atoms with E-state index in [2.05, 4.69) is 5.32 Å². The summed E-state index contributed by atoms with van der Waals surface area (Å²) in [4.78, 5) is 21.1. The fraction of sp³-hybridized carbons (Fsp3) is 0.600. The van der Waals surface area contributed by atoms with Gasteiger partial charge in [-0.05, 0) is 19.8 Å². The van der Waals surface area contributed by atoms with Gasteiger partial charge in [0.25, 0.3) is 0 Å². The first-order chi connectivity index (χ1) is 7.06. The Morgan fingerprint density at radius 3 is 2.67 bits per heavy atom. The normalized spacial score (nSPS) is 12.7. The van der Waals surface area contributed by atoms with Crippen molar-refractivity contribution in [1.29, 1.82) is 0 Å². The number of carbonyl (C=O) groups excluding carboxylic acids is 1. The molecule has 0 aromatic heterocycles. The topological polar surface area (TPSA) is 86.6 Å². The van der Waals surface area contributed by atoms with E-state index in [0.717, 1.165) is 0 Å². The lowest BCUT2D eigenvalue weighted by atomic mass is 10.1. The van der Waals surface area contributed by atoms with Crippen LogP contribution >= 0.6 is 0 Å². The lowest BCUT2D eigenvalue weighted by Gasteiger charge is -2.07. The van der Waals surface area contributed by atoms with E-state index in [-0.39, 0.29) is 18.9 Å². The average Bonchev–Trinajstić information content (AvgIpc) is 2.20. The Hall–Kier alpha value is -1.36. The van der Waals surface area contributed by atoms with E-state index in [0.29, 0.717) is 12.8 Å². The molecule has 1 atom stereocenters. The molecule has 0 aliphatic heterocycles. The summed E-state index contributed by atoms with van der Waals surface area (Å²) in [5, 5.41) is 19.9. The number of aliphatic carboxylic acids is 1. The van der Waals surface area contributed by atoms with Crippen molar-refractivity contribution in [2.45, 2.75) is 32.3 Å². The number of nitrogens with one attached hydrogen (secondary N) is 1. The summed E-state index contributed by atoms with van der Waals surface area (Å²) >= 11 is 0. The molecular weight excluding hydrogens is 198 g/mol. The van der Waals surface area contributed by atoms with Gasteiger partial charge in [0.2, 0.25) is 5.91 Å². The maximum atomic E-state index is 11.0. The lowest BCUT2D eigenvalue weighted by molar-refractivity contribution is -0.138. The standard InChI is InChI=1S/C10H17NO4/c1-2-3-4-8(12)5-6-9(13)11-7-10(14)15/h2-3,8,12H,4-7H2,1H3,(H,11,13)(H,14,15)/b3-2+. The Bertz CT molecular complexity index is 238. The van der Waals surface area contributed by atoms with Crippen LogP contribution in [-0.2, 0) is 9.59 Å². The number of amides is 1. The Balaban J connectivity index is 3.57. The van der Waals surface area contributed by atoms with E-state index in [1.54, 1.807) is 0 Å². The van der Waals surface area contributed by atoms with Crippen LogP contribution in [0.15, 0.2) is 12.2 Å². The van der Waals surface area contributed by atoms with Gasteiger partial charge in [0, 0.05) is 6.42 Å². The number of rotatable bonds is 7. The van der Waals surface area contributed by atoms with Crippen molar-refractivity contribution < 1.29 is 19.8 Å². The van der Waals surface area contributed by atoms with Crippen molar-refractivity contribution in [1.82, 2.24) is 5.32 Å². The summed E-state index contributed by atoms with van der Waals surface area (Å²) in [6.07, 6.45) is 4.11. The van der Waals surface area contributed by atoms with E-state index in [1.807, 2.05) is 19.1 Å². The van der Waals surface area contributed by atoms with Gasteiger partial charge in [-0.1, -0.05) is 12.2 Å². The van der Waals surface area contributed by atoms with Crippen LogP contribution in [0.25, 0.3) is 0 Å². The third kappa shape index (κ3) is 8.96. The maximum Gasteiger partial charge on any atom is 0.322 e. The Morgan fingerprint density at radius 2 is 2.13 bits per heavy atom. The van der Waals surface area contributed by atoms with Gasteiger partial charge in [0.1, 0.15) is 6.54 Å². The summed E-state index contributed by atoms with van der Waals surface area (Å²) in [6, 6.07) is 0. The molecule has 86 valence electrons. The Morgan fingerprint density at radius 1 is 1.47 bits per heavy atom. The van der Waals surface area contributed by atoms with Crippen LogP contribution in [0.1, 0.15) is 26.2 Å². The Kier molecular flexibility index (Phi) is 7.27. The second kappa shape index (κ2) is 7.99. The van der Waals surface area contributed by atoms with Crippen LogP contribution in [0.2, 0.25) is 0 Å². The highest BCUT2D eigenvalue weighted by Crippen LogP contribution is 2.02. The summed E-state index contributed by atoms with van der Waals surface area (Å²) < 4.78 is 0. The van der Waals surface area contributed by atoms with Crippen molar-refractivity contribution in [3.63, 3.8) is 0 Å². The van der Waals surface area contributed by atoms with Gasteiger partial charge >= 0.3 is 5.97 Å². The number of carboxylic acids is 1. The van der Waals surface area contributed by atoms with Crippen LogP contribution in [0.4, 0.5) is 0 Å². The van der Waals surface area contributed by atoms with E-state index < -0.39 is 12.1 Å². The molecule has 1 amide bonds. The van der Waals surface area contributed by atoms with Crippen molar-refractivity contribution in [3.8, 4) is 0 Å². The van der Waals surface area contributed by atoms with Crippen molar-refractivity contribution in [2.24, 2.45) is 0 Å². The van der Waals surface area contributed by atoms with Crippen LogP contribution in [0.3, 0.4) is 0 Å². The first-order valence-corrected chi connectivity index (χ1v) is 4.84. The van der Waals surface area contributed by atoms with Crippen molar-refractivity contribution in [3.05, 3.63) is 12.2 Å². The number of hydrogen-bond acceptors (Lipinski definition) is 3. The van der Waals surface area contributed by atoms with E-state index in [1.165, 1.54) is 0 Å². The molecule has 0 radical (unpaired) electrons. The number of hydrogen-bond donors (Lipinski definition) is 3. The molecule has 0 heterocycles. The fourth-order valence-electron chi connectivity index (χ4n) is 0.971. The molecule has 5 nitrogen and oxygen atoms in total. The molecule has 5 heteroatoms. The minimum atomic E-state index is -1.07. The first kappa shape index (κ1) is 13.6. The van der Waals surface area contributed by atoms with Crippen LogP contribution in [0, 0.1) is 0 Å². The van der Waals surface area contributed by atoms with Crippen LogP contribution in [-0.4, -0.2) is 34.7 Å². The van der Waals surface area contributed by atoms with Gasteiger partial charge in [0.05, 0.1) is 6.10 Å². The Labute approximate surface area is 88.8 Å². The molecule has 0 bridgehead atoms.